The molecule has 1 unspecified atom stereocenters. The molecule has 3 rings (SSSR count). The van der Waals surface area contributed by atoms with Crippen LogP contribution in [0.5, 0.6) is 5.88 Å². The lowest BCUT2D eigenvalue weighted by Gasteiger charge is -2.38. The van der Waals surface area contributed by atoms with Gasteiger partial charge in [0.15, 0.2) is 0 Å². The second-order valence-corrected chi connectivity index (χ2v) is 5.64. The third-order valence-corrected chi connectivity index (χ3v) is 4.14. The summed E-state index contributed by atoms with van der Waals surface area (Å²) in [6.45, 7) is 5.10. The van der Waals surface area contributed by atoms with Crippen LogP contribution < -0.4 is 15.4 Å². The maximum absolute atomic E-state index is 11.7. The maximum atomic E-state index is 11.7. The fourth-order valence-corrected chi connectivity index (χ4v) is 3.00. The monoisotopic (exact) mass is 290 g/mol. The molecule has 1 atom stereocenters. The third kappa shape index (κ3) is 2.75. The molecule has 0 aliphatic carbocycles. The topological polar surface area (TPSA) is 71.7 Å². The zero-order valence-corrected chi connectivity index (χ0v) is 12.4. The number of rotatable bonds is 4. The van der Waals surface area contributed by atoms with Gasteiger partial charge in [-0.2, -0.15) is 4.98 Å². The van der Waals surface area contributed by atoms with Crippen LogP contribution in [0.15, 0.2) is 12.1 Å². The molecule has 0 spiro atoms. The molecule has 2 saturated heterocycles. The van der Waals surface area contributed by atoms with E-state index in [1.165, 1.54) is 0 Å². The molecule has 1 aromatic heterocycles. The number of aromatic nitrogens is 1. The number of carbonyl (C=O) groups excluding carboxylic acids is 1. The van der Waals surface area contributed by atoms with E-state index < -0.39 is 0 Å². The van der Waals surface area contributed by atoms with E-state index >= 15 is 0 Å². The number of ether oxygens (including phenoxy) is 1. The average molecular weight is 290 g/mol. The molecule has 1 aromatic rings. The number of carbonyl (C=O) groups is 1. The second-order valence-electron chi connectivity index (χ2n) is 5.64. The number of amides is 1. The van der Waals surface area contributed by atoms with Gasteiger partial charge in [0.05, 0.1) is 12.3 Å². The highest BCUT2D eigenvalue weighted by molar-refractivity contribution is 5.79. The molecule has 2 N–H and O–H groups in total. The Labute approximate surface area is 124 Å². The Morgan fingerprint density at radius 3 is 3.10 bits per heavy atom. The Kier molecular flexibility index (Phi) is 3.86. The van der Waals surface area contributed by atoms with Gasteiger partial charge >= 0.3 is 0 Å². The number of pyridine rings is 1. The Morgan fingerprint density at radius 2 is 2.29 bits per heavy atom. The van der Waals surface area contributed by atoms with Crippen molar-refractivity contribution in [2.24, 2.45) is 0 Å². The van der Waals surface area contributed by atoms with Crippen molar-refractivity contribution in [3.05, 3.63) is 12.1 Å². The summed E-state index contributed by atoms with van der Waals surface area (Å²) in [7, 11) is 0. The van der Waals surface area contributed by atoms with Crippen LogP contribution in [0.3, 0.4) is 0 Å². The Morgan fingerprint density at radius 1 is 1.43 bits per heavy atom. The Balaban J connectivity index is 1.73. The first-order chi connectivity index (χ1) is 10.2. The standard InChI is InChI=1S/C15H22N4O2/c1-2-9-21-15-12(16)4-5-13(17-15)18-7-8-19-11(10-18)3-6-14(19)20/h4-5,11H,2-3,6-10,16H2,1H3. The van der Waals surface area contributed by atoms with Crippen LogP contribution in [0.2, 0.25) is 0 Å². The van der Waals surface area contributed by atoms with Gasteiger partial charge in [-0.25, -0.2) is 0 Å². The molecule has 6 nitrogen and oxygen atoms in total. The molecule has 2 aliphatic heterocycles. The number of nitrogen functional groups attached to an aromatic ring is 1. The van der Waals surface area contributed by atoms with E-state index in [4.69, 9.17) is 10.5 Å². The predicted octanol–water partition coefficient (Wildman–Crippen LogP) is 1.26. The van der Waals surface area contributed by atoms with Crippen LogP contribution in [-0.2, 0) is 4.79 Å². The number of anilines is 2. The molecular formula is C15H22N4O2. The molecule has 0 aromatic carbocycles. The largest absolute Gasteiger partial charge is 0.476 e. The van der Waals surface area contributed by atoms with Crippen LogP contribution in [0.25, 0.3) is 0 Å². The normalized spacial score (nSPS) is 21.6. The molecule has 1 amide bonds. The number of nitrogens with zero attached hydrogens (tertiary/aromatic N) is 3. The second kappa shape index (κ2) is 5.79. The minimum absolute atomic E-state index is 0.289. The summed E-state index contributed by atoms with van der Waals surface area (Å²) in [6.07, 6.45) is 2.55. The zero-order valence-electron chi connectivity index (χ0n) is 12.4. The maximum Gasteiger partial charge on any atom is 0.239 e. The van der Waals surface area contributed by atoms with Gasteiger partial charge in [-0.3, -0.25) is 4.79 Å². The summed E-state index contributed by atoms with van der Waals surface area (Å²) >= 11 is 0. The molecule has 0 bridgehead atoms. The lowest BCUT2D eigenvalue weighted by Crippen LogP contribution is -2.51. The van der Waals surface area contributed by atoms with Gasteiger partial charge in [0, 0.05) is 32.1 Å². The smallest absolute Gasteiger partial charge is 0.239 e. The van der Waals surface area contributed by atoms with E-state index in [0.717, 1.165) is 38.3 Å². The van der Waals surface area contributed by atoms with E-state index in [0.29, 0.717) is 30.6 Å². The molecule has 3 heterocycles. The van der Waals surface area contributed by atoms with Gasteiger partial charge in [-0.1, -0.05) is 6.92 Å². The van der Waals surface area contributed by atoms with Gasteiger partial charge < -0.3 is 20.3 Å². The first-order valence-electron chi connectivity index (χ1n) is 7.62. The summed E-state index contributed by atoms with van der Waals surface area (Å²) in [6, 6.07) is 4.10. The number of fused-ring (bicyclic) bond motifs is 1. The fraction of sp³-hybridized carbons (Fsp3) is 0.600. The van der Waals surface area contributed by atoms with E-state index in [9.17, 15) is 4.79 Å². The molecule has 0 radical (unpaired) electrons. The van der Waals surface area contributed by atoms with Gasteiger partial charge in [0.1, 0.15) is 5.82 Å². The van der Waals surface area contributed by atoms with Crippen molar-refractivity contribution in [2.75, 3.05) is 36.9 Å². The van der Waals surface area contributed by atoms with E-state index in [1.54, 1.807) is 0 Å². The lowest BCUT2D eigenvalue weighted by atomic mass is 10.1. The number of piperazine rings is 1. The van der Waals surface area contributed by atoms with Crippen molar-refractivity contribution in [2.45, 2.75) is 32.2 Å². The summed E-state index contributed by atoms with van der Waals surface area (Å²) in [5.74, 6) is 1.69. The molecule has 2 aliphatic rings. The van der Waals surface area contributed by atoms with Crippen LogP contribution >= 0.6 is 0 Å². The van der Waals surface area contributed by atoms with Gasteiger partial charge in [0.2, 0.25) is 11.8 Å². The first-order valence-corrected chi connectivity index (χ1v) is 7.62. The molecule has 0 saturated carbocycles. The summed E-state index contributed by atoms with van der Waals surface area (Å²) in [5, 5.41) is 0. The Bertz CT molecular complexity index is 534. The van der Waals surface area contributed by atoms with Crippen molar-refractivity contribution in [1.29, 1.82) is 0 Å². The van der Waals surface area contributed by atoms with E-state index in [-0.39, 0.29) is 5.91 Å². The number of hydrogen-bond acceptors (Lipinski definition) is 5. The van der Waals surface area contributed by atoms with Gasteiger partial charge in [-0.15, -0.1) is 0 Å². The molecular weight excluding hydrogens is 268 g/mol. The minimum Gasteiger partial charge on any atom is -0.476 e. The summed E-state index contributed by atoms with van der Waals surface area (Å²) < 4.78 is 5.59. The van der Waals surface area contributed by atoms with Crippen LogP contribution in [0, 0.1) is 0 Å². The average Bonchev–Trinajstić information content (AvgIpc) is 2.87. The van der Waals surface area contributed by atoms with Crippen molar-refractivity contribution in [1.82, 2.24) is 9.88 Å². The highest BCUT2D eigenvalue weighted by Gasteiger charge is 2.35. The predicted molar refractivity (Wildman–Crippen MR) is 81.4 cm³/mol. The lowest BCUT2D eigenvalue weighted by molar-refractivity contribution is -0.129. The number of hydrogen-bond donors (Lipinski definition) is 1. The van der Waals surface area contributed by atoms with Crippen molar-refractivity contribution >= 4 is 17.4 Å². The summed E-state index contributed by atoms with van der Waals surface area (Å²) in [4.78, 5) is 20.5. The summed E-state index contributed by atoms with van der Waals surface area (Å²) in [5.41, 5.74) is 6.48. The molecule has 2 fully saturated rings. The molecule has 114 valence electrons. The van der Waals surface area contributed by atoms with Crippen LogP contribution in [-0.4, -0.2) is 48.1 Å². The van der Waals surface area contributed by atoms with E-state index in [1.807, 2.05) is 17.0 Å². The SMILES string of the molecule is CCCOc1nc(N2CCN3C(=O)CCC3C2)ccc1N. The molecule has 21 heavy (non-hydrogen) atoms. The first kappa shape index (κ1) is 14.0. The highest BCUT2D eigenvalue weighted by Crippen LogP contribution is 2.28. The number of nitrogens with two attached hydrogens (primary N) is 1. The van der Waals surface area contributed by atoms with Crippen molar-refractivity contribution in [3.8, 4) is 5.88 Å². The zero-order chi connectivity index (χ0) is 14.8. The minimum atomic E-state index is 0.289. The highest BCUT2D eigenvalue weighted by atomic mass is 16.5. The van der Waals surface area contributed by atoms with Crippen LogP contribution in [0.1, 0.15) is 26.2 Å². The molecule has 6 heteroatoms. The van der Waals surface area contributed by atoms with Crippen molar-refractivity contribution < 1.29 is 9.53 Å². The van der Waals surface area contributed by atoms with Crippen molar-refractivity contribution in [3.63, 3.8) is 0 Å². The van der Waals surface area contributed by atoms with E-state index in [2.05, 4.69) is 16.8 Å². The third-order valence-electron chi connectivity index (χ3n) is 4.14. The van der Waals surface area contributed by atoms with Gasteiger partial charge in [0.25, 0.3) is 0 Å². The quantitative estimate of drug-likeness (QED) is 0.904. The van der Waals surface area contributed by atoms with Gasteiger partial charge in [-0.05, 0) is 25.0 Å². The fourth-order valence-electron chi connectivity index (χ4n) is 3.00. The Hall–Kier alpha value is -1.98. The van der Waals surface area contributed by atoms with Crippen LogP contribution in [0.4, 0.5) is 11.5 Å².